The Morgan fingerprint density at radius 2 is 1.79 bits per heavy atom. The van der Waals surface area contributed by atoms with Crippen LogP contribution >= 0.6 is 0 Å². The summed E-state index contributed by atoms with van der Waals surface area (Å²) in [6, 6.07) is 3.95. The molecule has 0 spiro atoms. The molecule has 0 bridgehead atoms. The molecule has 1 amide bonds. The summed E-state index contributed by atoms with van der Waals surface area (Å²) in [7, 11) is 0. The second kappa shape index (κ2) is 8.28. The number of benzene rings is 1. The molecule has 1 N–H and O–H groups in total. The molecule has 0 unspecified atom stereocenters. The van der Waals surface area contributed by atoms with Crippen LogP contribution in [0.2, 0.25) is 0 Å². The van der Waals surface area contributed by atoms with Crippen molar-refractivity contribution < 1.29 is 37.3 Å². The quantitative estimate of drug-likeness (QED) is 0.804. The molecule has 156 valence electrons. The van der Waals surface area contributed by atoms with Gasteiger partial charge in [-0.15, -0.1) is 0 Å². The second-order valence-electron chi connectivity index (χ2n) is 7.70. The lowest BCUT2D eigenvalue weighted by Gasteiger charge is -2.34. The van der Waals surface area contributed by atoms with Gasteiger partial charge in [-0.1, -0.05) is 6.07 Å². The molecule has 1 aromatic rings. The summed E-state index contributed by atoms with van der Waals surface area (Å²) in [5.74, 6) is -1.49. The zero-order valence-electron chi connectivity index (χ0n) is 16.0. The molecular formula is C19H24F3NO5. The molecule has 9 heteroatoms. The molecule has 0 aliphatic carbocycles. The minimum Gasteiger partial charge on any atom is -0.484 e. The molecule has 2 rings (SSSR count). The van der Waals surface area contributed by atoms with Crippen LogP contribution in [-0.4, -0.2) is 53.5 Å². The van der Waals surface area contributed by atoms with Crippen molar-refractivity contribution in [3.63, 3.8) is 0 Å². The van der Waals surface area contributed by atoms with Crippen molar-refractivity contribution >= 4 is 12.1 Å². The molecular weight excluding hydrogens is 379 g/mol. The van der Waals surface area contributed by atoms with Gasteiger partial charge in [-0.3, -0.25) is 0 Å². The largest absolute Gasteiger partial charge is 0.484 e. The van der Waals surface area contributed by atoms with Gasteiger partial charge in [0.05, 0.1) is 5.56 Å². The summed E-state index contributed by atoms with van der Waals surface area (Å²) in [6.45, 7) is 4.58. The van der Waals surface area contributed by atoms with Crippen LogP contribution in [0.4, 0.5) is 18.0 Å². The highest BCUT2D eigenvalue weighted by Crippen LogP contribution is 2.36. The van der Waals surface area contributed by atoms with E-state index in [1.54, 1.807) is 25.7 Å². The number of carboxylic acids is 1. The van der Waals surface area contributed by atoms with Crippen LogP contribution in [0.15, 0.2) is 18.2 Å². The molecule has 1 aliphatic heterocycles. The molecule has 1 heterocycles. The lowest BCUT2D eigenvalue weighted by molar-refractivity contribution is -0.153. The van der Waals surface area contributed by atoms with Gasteiger partial charge in [-0.05, 0) is 57.2 Å². The van der Waals surface area contributed by atoms with E-state index in [0.29, 0.717) is 31.5 Å². The predicted molar refractivity (Wildman–Crippen MR) is 94.7 cm³/mol. The Labute approximate surface area is 161 Å². The molecule has 0 saturated carbocycles. The second-order valence-corrected chi connectivity index (χ2v) is 7.70. The zero-order chi connectivity index (χ0) is 21.1. The highest BCUT2D eigenvalue weighted by molar-refractivity contribution is 5.88. The molecule has 6 nitrogen and oxygen atoms in total. The summed E-state index contributed by atoms with van der Waals surface area (Å²) in [6.07, 6.45) is -3.95. The first-order valence-electron chi connectivity index (χ1n) is 8.90. The van der Waals surface area contributed by atoms with Gasteiger partial charge in [0.1, 0.15) is 11.4 Å². The fraction of sp³-hybridized carbons (Fsp3) is 0.579. The van der Waals surface area contributed by atoms with Crippen LogP contribution in [0, 0.1) is 0 Å². The number of rotatable bonds is 4. The molecule has 1 saturated heterocycles. The Kier molecular flexibility index (Phi) is 6.46. The Bertz CT molecular complexity index is 719. The van der Waals surface area contributed by atoms with Crippen molar-refractivity contribution in [2.24, 2.45) is 0 Å². The van der Waals surface area contributed by atoms with Gasteiger partial charge in [0.25, 0.3) is 0 Å². The molecule has 1 fully saturated rings. The van der Waals surface area contributed by atoms with E-state index in [0.717, 1.165) is 6.07 Å². The number of piperidine rings is 1. The number of carboxylic acid groups (broad SMARTS) is 1. The normalized spacial score (nSPS) is 16.0. The lowest BCUT2D eigenvalue weighted by atomic mass is 9.88. The van der Waals surface area contributed by atoms with Gasteiger partial charge in [-0.25, -0.2) is 9.59 Å². The maximum atomic E-state index is 12.6. The minimum atomic E-state index is -4.53. The number of nitrogens with zero attached hydrogens (tertiary/aromatic N) is 1. The van der Waals surface area contributed by atoms with E-state index >= 15 is 0 Å². The third-order valence-corrected chi connectivity index (χ3v) is 4.24. The first-order valence-corrected chi connectivity index (χ1v) is 8.90. The van der Waals surface area contributed by atoms with Crippen molar-refractivity contribution in [1.29, 1.82) is 0 Å². The average molecular weight is 403 g/mol. The molecule has 28 heavy (non-hydrogen) atoms. The number of alkyl halides is 3. The number of carbonyl (C=O) groups is 2. The van der Waals surface area contributed by atoms with Crippen molar-refractivity contribution in [3.05, 3.63) is 29.3 Å². The van der Waals surface area contributed by atoms with E-state index in [1.165, 1.54) is 12.1 Å². The number of hydrogen-bond donors (Lipinski definition) is 1. The van der Waals surface area contributed by atoms with Crippen LogP contribution in [-0.2, 0) is 4.74 Å². The van der Waals surface area contributed by atoms with Crippen molar-refractivity contribution in [2.75, 3.05) is 19.7 Å². The Hall–Kier alpha value is -2.45. The minimum absolute atomic E-state index is 0.0899. The smallest absolute Gasteiger partial charge is 0.422 e. The van der Waals surface area contributed by atoms with E-state index < -0.39 is 30.4 Å². The maximum Gasteiger partial charge on any atom is 0.422 e. The zero-order valence-corrected chi connectivity index (χ0v) is 16.0. The monoisotopic (exact) mass is 403 g/mol. The van der Waals surface area contributed by atoms with E-state index in [1.807, 2.05) is 0 Å². The van der Waals surface area contributed by atoms with Crippen LogP contribution in [0.5, 0.6) is 5.75 Å². The molecule has 0 aromatic heterocycles. The van der Waals surface area contributed by atoms with Gasteiger partial charge in [0.15, 0.2) is 6.61 Å². The SMILES string of the molecule is CC(C)(C)OC(=O)N1CCC(c2ccc(C(=O)O)cc2OCC(F)(F)F)CC1. The summed E-state index contributed by atoms with van der Waals surface area (Å²) >= 11 is 0. The number of carbonyl (C=O) groups excluding carboxylic acids is 1. The highest BCUT2D eigenvalue weighted by atomic mass is 19.4. The van der Waals surface area contributed by atoms with E-state index in [-0.39, 0.29) is 17.2 Å². The fourth-order valence-corrected chi connectivity index (χ4v) is 2.99. The third kappa shape index (κ3) is 6.31. The van der Waals surface area contributed by atoms with E-state index in [4.69, 9.17) is 14.6 Å². The Balaban J connectivity index is 2.12. The van der Waals surface area contributed by atoms with E-state index in [2.05, 4.69) is 0 Å². The van der Waals surface area contributed by atoms with Gasteiger partial charge in [0, 0.05) is 13.1 Å². The van der Waals surface area contributed by atoms with Gasteiger partial charge in [-0.2, -0.15) is 13.2 Å². The highest BCUT2D eigenvalue weighted by Gasteiger charge is 2.31. The molecule has 0 atom stereocenters. The molecule has 1 aliphatic rings. The molecule has 1 aromatic carbocycles. The average Bonchev–Trinajstić information content (AvgIpc) is 2.57. The van der Waals surface area contributed by atoms with Crippen molar-refractivity contribution in [2.45, 2.75) is 51.3 Å². The number of halogens is 3. The summed E-state index contributed by atoms with van der Waals surface area (Å²) in [5, 5.41) is 9.09. The van der Waals surface area contributed by atoms with E-state index in [9.17, 15) is 22.8 Å². The standard InChI is InChI=1S/C19H24F3NO5/c1-18(2,3)28-17(26)23-8-6-12(7-9-23)14-5-4-13(16(24)25)10-15(14)27-11-19(20,21)22/h4-5,10,12H,6-9,11H2,1-3H3,(H,24,25). The Morgan fingerprint density at radius 1 is 1.18 bits per heavy atom. The number of likely N-dealkylation sites (tertiary alicyclic amines) is 1. The van der Waals surface area contributed by atoms with Crippen molar-refractivity contribution in [1.82, 2.24) is 4.90 Å². The number of amides is 1. The fourth-order valence-electron chi connectivity index (χ4n) is 2.99. The van der Waals surface area contributed by atoms with Crippen LogP contribution in [0.1, 0.15) is 55.5 Å². The number of ether oxygens (including phenoxy) is 2. The van der Waals surface area contributed by atoms with Gasteiger partial charge in [0.2, 0.25) is 0 Å². The van der Waals surface area contributed by atoms with Crippen LogP contribution in [0.25, 0.3) is 0 Å². The van der Waals surface area contributed by atoms with Crippen molar-refractivity contribution in [3.8, 4) is 5.75 Å². The maximum absolute atomic E-state index is 12.6. The van der Waals surface area contributed by atoms with Gasteiger partial charge < -0.3 is 19.5 Å². The summed E-state index contributed by atoms with van der Waals surface area (Å²) < 4.78 is 47.9. The van der Waals surface area contributed by atoms with Crippen LogP contribution < -0.4 is 4.74 Å². The third-order valence-electron chi connectivity index (χ3n) is 4.24. The first kappa shape index (κ1) is 21.8. The topological polar surface area (TPSA) is 76.1 Å². The summed E-state index contributed by atoms with van der Waals surface area (Å²) in [5.41, 5.74) is -0.246. The summed E-state index contributed by atoms with van der Waals surface area (Å²) in [4.78, 5) is 24.8. The van der Waals surface area contributed by atoms with Gasteiger partial charge >= 0.3 is 18.2 Å². The molecule has 0 radical (unpaired) electrons. The lowest BCUT2D eigenvalue weighted by Crippen LogP contribution is -2.41. The van der Waals surface area contributed by atoms with Crippen LogP contribution in [0.3, 0.4) is 0 Å². The predicted octanol–water partition coefficient (Wildman–Crippen LogP) is 4.44. The first-order chi connectivity index (χ1) is 12.9. The number of aromatic carboxylic acids is 1. The number of hydrogen-bond acceptors (Lipinski definition) is 4. The Morgan fingerprint density at radius 3 is 2.29 bits per heavy atom.